The van der Waals surface area contributed by atoms with E-state index in [2.05, 4.69) is 15.9 Å². The van der Waals surface area contributed by atoms with E-state index in [1.165, 1.54) is 12.1 Å². The summed E-state index contributed by atoms with van der Waals surface area (Å²) in [6.45, 7) is 4.43. The average molecular weight is 454 g/mol. The molecule has 2 fully saturated rings. The van der Waals surface area contributed by atoms with Crippen LogP contribution in [0.2, 0.25) is 0 Å². The fourth-order valence-corrected chi connectivity index (χ4v) is 5.09. The number of aromatic hydroxyl groups is 1. The summed E-state index contributed by atoms with van der Waals surface area (Å²) in [4.78, 5) is 4.78. The van der Waals surface area contributed by atoms with Gasteiger partial charge in [-0.25, -0.2) is 4.39 Å². The van der Waals surface area contributed by atoms with E-state index in [1.807, 2.05) is 12.1 Å². The first kappa shape index (κ1) is 23.5. The third-order valence-corrected chi connectivity index (χ3v) is 7.09. The molecule has 4 rings (SSSR count). The zero-order valence-corrected chi connectivity index (χ0v) is 18.9. The Morgan fingerprint density at radius 1 is 1.03 bits per heavy atom. The minimum absolute atomic E-state index is 0.183. The van der Waals surface area contributed by atoms with E-state index in [4.69, 9.17) is 4.74 Å². The van der Waals surface area contributed by atoms with Gasteiger partial charge in [-0.05, 0) is 67.6 Å². The van der Waals surface area contributed by atoms with Crippen LogP contribution in [0.3, 0.4) is 0 Å². The monoisotopic (exact) mass is 453 g/mol. The van der Waals surface area contributed by atoms with E-state index in [-0.39, 0.29) is 18.2 Å². The number of aliphatic hydroxyl groups excluding tert-OH is 1. The van der Waals surface area contributed by atoms with Crippen molar-refractivity contribution in [3.05, 3.63) is 59.9 Å². The fourth-order valence-electron chi connectivity index (χ4n) is 5.09. The Morgan fingerprint density at radius 2 is 1.67 bits per heavy atom. The SMILES string of the molecule is N#CC1(c2ccc(O)cc2)CCC(N2CCN(CC(O)COc3ccc(F)cc3)CC2)CC1. The van der Waals surface area contributed by atoms with Gasteiger partial charge in [-0.3, -0.25) is 9.80 Å². The summed E-state index contributed by atoms with van der Waals surface area (Å²) >= 11 is 0. The second kappa shape index (κ2) is 10.5. The van der Waals surface area contributed by atoms with Gasteiger partial charge in [0.25, 0.3) is 0 Å². The van der Waals surface area contributed by atoms with Gasteiger partial charge in [-0.1, -0.05) is 12.1 Å². The molecule has 33 heavy (non-hydrogen) atoms. The van der Waals surface area contributed by atoms with Crippen molar-refractivity contribution in [1.82, 2.24) is 9.80 Å². The van der Waals surface area contributed by atoms with Crippen LogP contribution in [0, 0.1) is 17.1 Å². The molecule has 1 saturated carbocycles. The maximum Gasteiger partial charge on any atom is 0.123 e. The number of benzene rings is 2. The van der Waals surface area contributed by atoms with Crippen LogP contribution in [0.5, 0.6) is 11.5 Å². The maximum atomic E-state index is 13.0. The molecule has 6 nitrogen and oxygen atoms in total. The molecule has 0 aromatic heterocycles. The molecular formula is C26H32FN3O3. The number of phenolic OH excluding ortho intramolecular Hbond substituents is 1. The van der Waals surface area contributed by atoms with Crippen LogP contribution in [0.15, 0.2) is 48.5 Å². The Labute approximate surface area is 194 Å². The number of hydrogen-bond donors (Lipinski definition) is 2. The van der Waals surface area contributed by atoms with Crippen LogP contribution in [0.1, 0.15) is 31.2 Å². The lowest BCUT2D eigenvalue weighted by Gasteiger charge is -2.44. The highest BCUT2D eigenvalue weighted by Crippen LogP contribution is 2.41. The number of β-amino-alcohol motifs (C(OH)–C–C–N with tert-alkyl or cyclic N) is 1. The molecule has 1 aliphatic heterocycles. The summed E-state index contributed by atoms with van der Waals surface area (Å²) in [6, 6.07) is 16.0. The highest BCUT2D eigenvalue weighted by Gasteiger charge is 2.39. The average Bonchev–Trinajstić information content (AvgIpc) is 2.85. The molecule has 1 aliphatic carbocycles. The lowest BCUT2D eigenvalue weighted by atomic mass is 9.69. The van der Waals surface area contributed by atoms with E-state index < -0.39 is 11.5 Å². The molecule has 2 N–H and O–H groups in total. The van der Waals surface area contributed by atoms with Crippen LogP contribution in [-0.4, -0.2) is 71.5 Å². The minimum Gasteiger partial charge on any atom is -0.508 e. The predicted octanol–water partition coefficient (Wildman–Crippen LogP) is 3.29. The Hall–Kier alpha value is -2.66. The molecule has 0 radical (unpaired) electrons. The molecule has 1 unspecified atom stereocenters. The molecule has 176 valence electrons. The number of halogens is 1. The first-order valence-electron chi connectivity index (χ1n) is 11.7. The van der Waals surface area contributed by atoms with E-state index >= 15 is 0 Å². The van der Waals surface area contributed by atoms with Crippen molar-refractivity contribution in [3.8, 4) is 17.6 Å². The van der Waals surface area contributed by atoms with Crippen LogP contribution in [-0.2, 0) is 5.41 Å². The Bertz CT molecular complexity index is 929. The van der Waals surface area contributed by atoms with Crippen molar-refractivity contribution in [2.75, 3.05) is 39.3 Å². The van der Waals surface area contributed by atoms with Gasteiger partial charge in [0, 0.05) is 38.8 Å². The third kappa shape index (κ3) is 5.83. The van der Waals surface area contributed by atoms with E-state index in [1.54, 1.807) is 24.3 Å². The van der Waals surface area contributed by atoms with Crippen molar-refractivity contribution in [2.45, 2.75) is 43.2 Å². The largest absolute Gasteiger partial charge is 0.508 e. The number of piperazine rings is 1. The summed E-state index contributed by atoms with van der Waals surface area (Å²) in [5.41, 5.74) is 0.545. The van der Waals surface area contributed by atoms with Gasteiger partial charge >= 0.3 is 0 Å². The topological polar surface area (TPSA) is 80.0 Å². The second-order valence-electron chi connectivity index (χ2n) is 9.23. The van der Waals surface area contributed by atoms with Gasteiger partial charge < -0.3 is 14.9 Å². The van der Waals surface area contributed by atoms with Crippen molar-refractivity contribution in [3.63, 3.8) is 0 Å². The Kier molecular flexibility index (Phi) is 7.49. The molecule has 7 heteroatoms. The quantitative estimate of drug-likeness (QED) is 0.670. The van der Waals surface area contributed by atoms with Gasteiger partial charge in [0.05, 0.1) is 11.5 Å². The summed E-state index contributed by atoms with van der Waals surface area (Å²) in [6.07, 6.45) is 3.04. The van der Waals surface area contributed by atoms with Crippen molar-refractivity contribution < 1.29 is 19.3 Å². The summed E-state index contributed by atoms with van der Waals surface area (Å²) < 4.78 is 18.5. The minimum atomic E-state index is -0.599. The van der Waals surface area contributed by atoms with Crippen LogP contribution >= 0.6 is 0 Å². The lowest BCUT2D eigenvalue weighted by Crippen LogP contribution is -2.53. The fraction of sp³-hybridized carbons (Fsp3) is 0.500. The summed E-state index contributed by atoms with van der Waals surface area (Å²) in [5.74, 6) is 0.473. The van der Waals surface area contributed by atoms with Gasteiger partial charge in [0.2, 0.25) is 0 Å². The molecule has 2 aromatic rings. The van der Waals surface area contributed by atoms with Gasteiger partial charge in [-0.2, -0.15) is 5.26 Å². The number of phenols is 1. The zero-order valence-electron chi connectivity index (χ0n) is 18.9. The van der Waals surface area contributed by atoms with E-state index in [0.717, 1.165) is 57.4 Å². The second-order valence-corrected chi connectivity index (χ2v) is 9.23. The number of ether oxygens (including phenoxy) is 1. The molecule has 0 spiro atoms. The van der Waals surface area contributed by atoms with Crippen LogP contribution in [0.25, 0.3) is 0 Å². The lowest BCUT2D eigenvalue weighted by molar-refractivity contribution is 0.0286. The molecular weight excluding hydrogens is 421 g/mol. The van der Waals surface area contributed by atoms with E-state index in [0.29, 0.717) is 18.3 Å². The number of nitriles is 1. The standard InChI is InChI=1S/C26H32FN3O3/c27-21-3-7-25(8-4-21)33-18-24(32)17-29-13-15-30(16-14-29)22-9-11-26(19-28,12-10-22)20-1-5-23(31)6-2-20/h1-8,22,24,31-32H,9-18H2. The Balaban J connectivity index is 1.20. The molecule has 0 amide bonds. The molecule has 2 aliphatic rings. The number of aliphatic hydroxyl groups is 1. The number of rotatable bonds is 7. The molecule has 2 aromatic carbocycles. The van der Waals surface area contributed by atoms with Crippen molar-refractivity contribution in [1.29, 1.82) is 5.26 Å². The number of nitrogens with zero attached hydrogens (tertiary/aromatic N) is 3. The van der Waals surface area contributed by atoms with Gasteiger partial charge in [0.1, 0.15) is 30.0 Å². The van der Waals surface area contributed by atoms with Crippen LogP contribution < -0.4 is 4.74 Å². The normalized spacial score (nSPS) is 25.3. The predicted molar refractivity (Wildman–Crippen MR) is 124 cm³/mol. The first-order valence-corrected chi connectivity index (χ1v) is 11.7. The third-order valence-electron chi connectivity index (χ3n) is 7.09. The highest BCUT2D eigenvalue weighted by molar-refractivity contribution is 5.37. The van der Waals surface area contributed by atoms with Crippen LogP contribution in [0.4, 0.5) is 4.39 Å². The molecule has 1 saturated heterocycles. The van der Waals surface area contributed by atoms with E-state index in [9.17, 15) is 19.9 Å². The molecule has 0 bridgehead atoms. The number of hydrogen-bond acceptors (Lipinski definition) is 6. The van der Waals surface area contributed by atoms with Gasteiger partial charge in [-0.15, -0.1) is 0 Å². The summed E-state index contributed by atoms with van der Waals surface area (Å²) in [5, 5.41) is 29.8. The Morgan fingerprint density at radius 3 is 2.27 bits per heavy atom. The van der Waals surface area contributed by atoms with Crippen molar-refractivity contribution in [2.24, 2.45) is 0 Å². The first-order chi connectivity index (χ1) is 16.0. The summed E-state index contributed by atoms with van der Waals surface area (Å²) in [7, 11) is 0. The smallest absolute Gasteiger partial charge is 0.123 e. The zero-order chi connectivity index (χ0) is 23.3. The van der Waals surface area contributed by atoms with Gasteiger partial charge in [0.15, 0.2) is 0 Å². The molecule has 1 atom stereocenters. The molecule has 1 heterocycles. The van der Waals surface area contributed by atoms with Crippen molar-refractivity contribution >= 4 is 0 Å². The highest BCUT2D eigenvalue weighted by atomic mass is 19.1. The maximum absolute atomic E-state index is 13.0.